The van der Waals surface area contributed by atoms with Gasteiger partial charge in [0.25, 0.3) is 5.91 Å². The van der Waals surface area contributed by atoms with Crippen LogP contribution in [0.2, 0.25) is 0 Å². The average Bonchev–Trinajstić information content (AvgIpc) is 3.19. The fourth-order valence-electron chi connectivity index (χ4n) is 2.62. The Balaban J connectivity index is 1.26. The predicted octanol–water partition coefficient (Wildman–Crippen LogP) is 3.33. The fourth-order valence-corrected chi connectivity index (χ4v) is 5.35. The van der Waals surface area contributed by atoms with Gasteiger partial charge in [-0.2, -0.15) is 4.99 Å². The monoisotopic (exact) mass is 421 g/mol. The maximum absolute atomic E-state index is 12.2. The van der Waals surface area contributed by atoms with Gasteiger partial charge in [-0.1, -0.05) is 43.0 Å². The summed E-state index contributed by atoms with van der Waals surface area (Å²) in [6.45, 7) is 4.20. The lowest BCUT2D eigenvalue weighted by Crippen LogP contribution is -2.24. The summed E-state index contributed by atoms with van der Waals surface area (Å²) in [5.41, 5.74) is 0. The Labute approximate surface area is 169 Å². The van der Waals surface area contributed by atoms with E-state index in [1.807, 2.05) is 6.08 Å². The maximum Gasteiger partial charge on any atom is 0.261 e. The smallest absolute Gasteiger partial charge is 0.261 e. The Hall–Kier alpha value is -1.52. The molecule has 1 fully saturated rings. The van der Waals surface area contributed by atoms with Crippen molar-refractivity contribution in [3.05, 3.63) is 16.0 Å². The number of carbonyl (C=O) groups is 2. The van der Waals surface area contributed by atoms with Crippen molar-refractivity contribution in [3.63, 3.8) is 0 Å². The second-order valence-corrected chi connectivity index (χ2v) is 9.97. The van der Waals surface area contributed by atoms with Gasteiger partial charge in [-0.3, -0.25) is 14.9 Å². The number of rotatable bonds is 7. The number of thioether (sulfide) groups is 2. The molecule has 0 bridgehead atoms. The summed E-state index contributed by atoms with van der Waals surface area (Å²) in [4.78, 5) is 34.1. The van der Waals surface area contributed by atoms with Crippen LogP contribution in [0.5, 0.6) is 0 Å². The molecule has 0 spiro atoms. The molecule has 1 unspecified atom stereocenters. The highest BCUT2D eigenvalue weighted by molar-refractivity contribution is 8.17. The van der Waals surface area contributed by atoms with Gasteiger partial charge in [0, 0.05) is 5.92 Å². The van der Waals surface area contributed by atoms with Gasteiger partial charge in [0.05, 0.1) is 16.5 Å². The number of nitrogens with one attached hydrogen (secondary N) is 1. The summed E-state index contributed by atoms with van der Waals surface area (Å²) in [5.74, 6) is 1.46. The quantitative estimate of drug-likeness (QED) is 0.725. The van der Waals surface area contributed by atoms with E-state index < -0.39 is 0 Å². The highest BCUT2D eigenvalue weighted by atomic mass is 32.2. The Morgan fingerprint density at radius 1 is 1.33 bits per heavy atom. The zero-order valence-corrected chi connectivity index (χ0v) is 17.4. The second kappa shape index (κ2) is 7.84. The number of amides is 2. The van der Waals surface area contributed by atoms with E-state index >= 15 is 0 Å². The Kier molecular flexibility index (Phi) is 5.47. The minimum atomic E-state index is -0.317. The molecule has 1 atom stereocenters. The molecule has 1 aliphatic carbocycles. The number of aromatic nitrogens is 2. The van der Waals surface area contributed by atoms with E-state index in [1.165, 1.54) is 28.0 Å². The van der Waals surface area contributed by atoms with Crippen molar-refractivity contribution in [2.75, 3.05) is 16.8 Å². The number of carbonyl (C=O) groups excluding carboxylic acids is 2. The molecule has 10 heteroatoms. The van der Waals surface area contributed by atoms with Gasteiger partial charge in [-0.15, -0.1) is 22.0 Å². The average molecular weight is 422 g/mol. The van der Waals surface area contributed by atoms with E-state index in [4.69, 9.17) is 0 Å². The van der Waals surface area contributed by atoms with Gasteiger partial charge in [0.15, 0.2) is 0 Å². The molecule has 142 valence electrons. The molecule has 3 heterocycles. The fraction of sp³-hybridized carbons (Fsp3) is 0.529. The van der Waals surface area contributed by atoms with Crippen molar-refractivity contribution in [2.45, 2.75) is 32.6 Å². The third-order valence-electron chi connectivity index (χ3n) is 4.21. The van der Waals surface area contributed by atoms with Crippen LogP contribution in [-0.4, -0.2) is 44.4 Å². The first-order valence-corrected chi connectivity index (χ1v) is 11.6. The molecule has 27 heavy (non-hydrogen) atoms. The van der Waals surface area contributed by atoms with Crippen molar-refractivity contribution >= 4 is 62.7 Å². The maximum atomic E-state index is 12.2. The van der Waals surface area contributed by atoms with Crippen molar-refractivity contribution in [2.24, 2.45) is 21.8 Å². The van der Waals surface area contributed by atoms with E-state index in [9.17, 15) is 9.59 Å². The molecular weight excluding hydrogens is 402 g/mol. The van der Waals surface area contributed by atoms with Crippen LogP contribution < -0.4 is 5.32 Å². The van der Waals surface area contributed by atoms with Crippen LogP contribution in [0.25, 0.3) is 0 Å². The van der Waals surface area contributed by atoms with Crippen molar-refractivity contribution in [1.82, 2.24) is 10.2 Å². The topological polar surface area (TPSA) is 96.7 Å². The highest BCUT2D eigenvalue weighted by Crippen LogP contribution is 2.42. The van der Waals surface area contributed by atoms with Crippen molar-refractivity contribution < 1.29 is 9.59 Å². The van der Waals surface area contributed by atoms with Gasteiger partial charge in [-0.25, -0.2) is 4.99 Å². The van der Waals surface area contributed by atoms with Crippen molar-refractivity contribution in [3.8, 4) is 0 Å². The summed E-state index contributed by atoms with van der Waals surface area (Å²) in [6.07, 6.45) is 4.29. The minimum Gasteiger partial charge on any atom is -0.300 e. The van der Waals surface area contributed by atoms with Crippen LogP contribution in [0, 0.1) is 11.8 Å². The first-order chi connectivity index (χ1) is 13.0. The van der Waals surface area contributed by atoms with E-state index in [2.05, 4.69) is 39.3 Å². The summed E-state index contributed by atoms with van der Waals surface area (Å²) >= 11 is 4.40. The molecule has 1 N–H and O–H groups in total. The number of hydrogen-bond acceptors (Lipinski definition) is 8. The van der Waals surface area contributed by atoms with Gasteiger partial charge < -0.3 is 0 Å². The number of nitrogens with zero attached hydrogens (tertiary/aromatic N) is 4. The Morgan fingerprint density at radius 3 is 2.89 bits per heavy atom. The van der Waals surface area contributed by atoms with Crippen LogP contribution in [0.4, 0.5) is 5.13 Å². The lowest BCUT2D eigenvalue weighted by Gasteiger charge is -2.12. The van der Waals surface area contributed by atoms with Crippen LogP contribution in [0.1, 0.15) is 37.6 Å². The third-order valence-corrected chi connectivity index (χ3v) is 7.54. The lowest BCUT2D eigenvalue weighted by atomic mass is 10.1. The molecule has 4 rings (SSSR count). The summed E-state index contributed by atoms with van der Waals surface area (Å²) < 4.78 is 0. The molecule has 0 aromatic carbocycles. The van der Waals surface area contributed by atoms with E-state index in [-0.39, 0.29) is 23.5 Å². The van der Waals surface area contributed by atoms with Gasteiger partial charge in [0.1, 0.15) is 16.8 Å². The largest absolute Gasteiger partial charge is 0.300 e. The molecule has 2 aliphatic heterocycles. The minimum absolute atomic E-state index is 0.134. The van der Waals surface area contributed by atoms with Crippen LogP contribution in [0.15, 0.2) is 21.0 Å². The first-order valence-electron chi connectivity index (χ1n) is 8.80. The van der Waals surface area contributed by atoms with Gasteiger partial charge >= 0.3 is 0 Å². The molecular formula is C17H19N5O2S3. The standard InChI is InChI=1S/C17H19N5O2S3/c1-8(2)11-5-10-14(24)18-12(19-16(10)26-11)6-25-7-13(23)20-17-22-21-15(27-17)9-3-4-9/h5,8-10H,3-4,6-7H2,1-2H3,(H,20,22,23). The van der Waals surface area contributed by atoms with E-state index in [1.54, 1.807) is 11.8 Å². The number of hydrogen-bond donors (Lipinski definition) is 1. The summed E-state index contributed by atoms with van der Waals surface area (Å²) in [5, 5.41) is 13.3. The van der Waals surface area contributed by atoms with Crippen LogP contribution in [-0.2, 0) is 9.59 Å². The normalized spacial score (nSPS) is 21.7. The molecule has 3 aliphatic rings. The van der Waals surface area contributed by atoms with E-state index in [0.29, 0.717) is 28.6 Å². The predicted molar refractivity (Wildman–Crippen MR) is 112 cm³/mol. The molecule has 1 aromatic heterocycles. The van der Waals surface area contributed by atoms with Crippen LogP contribution >= 0.6 is 34.9 Å². The highest BCUT2D eigenvalue weighted by Gasteiger charge is 2.34. The number of amidine groups is 1. The summed E-state index contributed by atoms with van der Waals surface area (Å²) in [7, 11) is 0. The number of fused-ring (bicyclic) bond motifs is 1. The molecule has 1 aromatic rings. The Bertz CT molecular complexity index is 870. The molecule has 2 amide bonds. The van der Waals surface area contributed by atoms with Crippen molar-refractivity contribution in [1.29, 1.82) is 0 Å². The lowest BCUT2D eigenvalue weighted by molar-refractivity contribution is -0.118. The first kappa shape index (κ1) is 18.8. The van der Waals surface area contributed by atoms with Gasteiger partial charge in [0.2, 0.25) is 11.0 Å². The zero-order chi connectivity index (χ0) is 19.0. The molecule has 0 radical (unpaired) electrons. The Morgan fingerprint density at radius 2 is 2.15 bits per heavy atom. The second-order valence-electron chi connectivity index (χ2n) is 6.88. The van der Waals surface area contributed by atoms with E-state index in [0.717, 1.165) is 22.9 Å². The molecule has 7 nitrogen and oxygen atoms in total. The zero-order valence-electron chi connectivity index (χ0n) is 15.0. The number of aliphatic imine (C=N–C) groups is 2. The molecule has 1 saturated carbocycles. The summed E-state index contributed by atoms with van der Waals surface area (Å²) in [6, 6.07) is 0. The van der Waals surface area contributed by atoms with Gasteiger partial charge in [-0.05, 0) is 23.7 Å². The third kappa shape index (κ3) is 4.49. The molecule has 0 saturated heterocycles. The number of allylic oxidation sites excluding steroid dienone is 1. The van der Waals surface area contributed by atoms with Crippen LogP contribution in [0.3, 0.4) is 0 Å². The number of anilines is 1. The SMILES string of the molecule is CC(C)C1=CC2C(=O)N=C(CSCC(=O)Nc3nnc(C4CC4)s3)N=C2S1.